The molecule has 2 aliphatic carbocycles. The molecule has 12 heteroatoms. The summed E-state index contributed by atoms with van der Waals surface area (Å²) < 4.78 is 1.82. The van der Waals surface area contributed by atoms with E-state index in [2.05, 4.69) is 30.6 Å². The van der Waals surface area contributed by atoms with E-state index in [1.54, 1.807) is 18.5 Å². The monoisotopic (exact) mass is 610 g/mol. The van der Waals surface area contributed by atoms with Crippen LogP contribution < -0.4 is 26.6 Å². The number of rotatable bonds is 7. The van der Waals surface area contributed by atoms with Crippen LogP contribution in [0.5, 0.6) is 0 Å². The van der Waals surface area contributed by atoms with Crippen molar-refractivity contribution in [3.63, 3.8) is 0 Å². The molecular formula is C33H38N8O4. The third-order valence-corrected chi connectivity index (χ3v) is 8.43. The van der Waals surface area contributed by atoms with Crippen LogP contribution in [0.15, 0.2) is 77.1 Å². The van der Waals surface area contributed by atoms with Gasteiger partial charge in [0.15, 0.2) is 11.3 Å². The minimum Gasteiger partial charge on any atom is -0.423 e. The van der Waals surface area contributed by atoms with E-state index in [0.717, 1.165) is 42.3 Å². The molecule has 4 heterocycles. The van der Waals surface area contributed by atoms with Gasteiger partial charge in [-0.15, -0.1) is 9.46 Å². The van der Waals surface area contributed by atoms with Crippen molar-refractivity contribution in [2.75, 3.05) is 10.6 Å². The van der Waals surface area contributed by atoms with Gasteiger partial charge < -0.3 is 20.7 Å². The minimum atomic E-state index is -0.482. The molecule has 45 heavy (non-hydrogen) atoms. The first-order valence-electron chi connectivity index (χ1n) is 15.7. The lowest BCUT2D eigenvalue weighted by Gasteiger charge is -2.24. The average Bonchev–Trinajstić information content (AvgIpc) is 3.09. The van der Waals surface area contributed by atoms with E-state index in [9.17, 15) is 14.8 Å². The summed E-state index contributed by atoms with van der Waals surface area (Å²) in [6.07, 6.45) is 18.0. The smallest absolute Gasteiger partial charge is 0.287 e. The van der Waals surface area contributed by atoms with E-state index in [4.69, 9.17) is 4.84 Å². The first-order chi connectivity index (χ1) is 22.1. The van der Waals surface area contributed by atoms with Crippen LogP contribution in [-0.2, 0) is 6.61 Å². The first-order valence-corrected chi connectivity index (χ1v) is 15.7. The van der Waals surface area contributed by atoms with Crippen LogP contribution in [0, 0.1) is 0 Å². The lowest BCUT2D eigenvalue weighted by Crippen LogP contribution is -2.29. The number of nitrogens with zero attached hydrogens (tertiary/aromatic N) is 6. The van der Waals surface area contributed by atoms with E-state index in [1.807, 2.05) is 30.3 Å². The Morgan fingerprint density at radius 2 is 1.27 bits per heavy atom. The molecule has 2 fully saturated rings. The summed E-state index contributed by atoms with van der Waals surface area (Å²) in [7, 11) is 0. The van der Waals surface area contributed by atoms with Crippen molar-refractivity contribution in [1.82, 2.24) is 29.4 Å². The van der Waals surface area contributed by atoms with Crippen LogP contribution in [0.3, 0.4) is 0 Å². The second-order valence-corrected chi connectivity index (χ2v) is 11.6. The Kier molecular flexibility index (Phi) is 9.47. The molecule has 7 rings (SSSR count). The van der Waals surface area contributed by atoms with E-state index in [0.29, 0.717) is 40.1 Å². The Bertz CT molecular complexity index is 1850. The lowest BCUT2D eigenvalue weighted by atomic mass is 9.95. The molecule has 0 unspecified atom stereocenters. The predicted octanol–water partition coefficient (Wildman–Crippen LogP) is 4.94. The Hall–Kier alpha value is -5.00. The Morgan fingerprint density at radius 3 is 1.87 bits per heavy atom. The molecule has 12 nitrogen and oxygen atoms in total. The second-order valence-electron chi connectivity index (χ2n) is 11.6. The van der Waals surface area contributed by atoms with E-state index in [-0.39, 0.29) is 11.2 Å². The lowest BCUT2D eigenvalue weighted by molar-refractivity contribution is 0.0980. The molecule has 0 radical (unpaired) electrons. The largest absolute Gasteiger partial charge is 0.423 e. The van der Waals surface area contributed by atoms with Gasteiger partial charge in [-0.3, -0.25) is 9.59 Å². The van der Waals surface area contributed by atoms with Gasteiger partial charge in [-0.1, -0.05) is 68.9 Å². The highest BCUT2D eigenvalue weighted by molar-refractivity contribution is 5.88. The number of pyridine rings is 2. The van der Waals surface area contributed by atoms with Gasteiger partial charge in [-0.25, -0.2) is 19.9 Å². The van der Waals surface area contributed by atoms with Crippen molar-refractivity contribution in [3.05, 3.63) is 93.8 Å². The van der Waals surface area contributed by atoms with E-state index in [1.165, 1.54) is 62.0 Å². The number of anilines is 2. The summed E-state index contributed by atoms with van der Waals surface area (Å²) in [5.74, 6) is 0. The van der Waals surface area contributed by atoms with Gasteiger partial charge in [0.05, 0.1) is 22.1 Å². The van der Waals surface area contributed by atoms with Crippen molar-refractivity contribution >= 4 is 33.4 Å². The summed E-state index contributed by atoms with van der Waals surface area (Å²) >= 11 is 0. The van der Waals surface area contributed by atoms with Crippen LogP contribution in [-0.4, -0.2) is 46.7 Å². The SMILES string of the molecule is O=c1cc(NC2CCCCC2)c2cncnc2n1O.O=c1cc(NC2CCCCC2)c2cncnc2n1OCc1ccccc1. The van der Waals surface area contributed by atoms with Crippen molar-refractivity contribution in [1.29, 1.82) is 0 Å². The average molecular weight is 611 g/mol. The maximum atomic E-state index is 12.7. The summed E-state index contributed by atoms with van der Waals surface area (Å²) in [5.41, 5.74) is 2.50. The fourth-order valence-electron chi connectivity index (χ4n) is 6.10. The Morgan fingerprint density at radius 1 is 0.733 bits per heavy atom. The molecule has 0 atom stereocenters. The number of aromatic nitrogens is 6. The molecule has 2 aliphatic rings. The molecule has 3 N–H and O–H groups in total. The summed E-state index contributed by atoms with van der Waals surface area (Å²) in [5, 5.41) is 18.0. The fourth-order valence-corrected chi connectivity index (χ4v) is 6.10. The van der Waals surface area contributed by atoms with Gasteiger partial charge in [0.1, 0.15) is 19.3 Å². The molecule has 0 bridgehead atoms. The van der Waals surface area contributed by atoms with Gasteiger partial charge in [0.2, 0.25) is 0 Å². The molecule has 234 valence electrons. The van der Waals surface area contributed by atoms with Gasteiger partial charge in [-0.05, 0) is 31.2 Å². The highest BCUT2D eigenvalue weighted by Crippen LogP contribution is 2.26. The Labute approximate surface area is 260 Å². The first kappa shape index (κ1) is 30.0. The highest BCUT2D eigenvalue weighted by atomic mass is 16.7. The second kappa shape index (κ2) is 14.2. The number of fused-ring (bicyclic) bond motifs is 2. The number of nitrogens with one attached hydrogen (secondary N) is 2. The van der Waals surface area contributed by atoms with Crippen molar-refractivity contribution < 1.29 is 10.0 Å². The third-order valence-electron chi connectivity index (χ3n) is 8.43. The van der Waals surface area contributed by atoms with Crippen LogP contribution >= 0.6 is 0 Å². The summed E-state index contributed by atoms with van der Waals surface area (Å²) in [6, 6.07) is 13.5. The quantitative estimate of drug-likeness (QED) is 0.216. The molecule has 5 aromatic rings. The van der Waals surface area contributed by atoms with Gasteiger partial charge in [0.25, 0.3) is 11.1 Å². The van der Waals surface area contributed by atoms with Crippen LogP contribution in [0.4, 0.5) is 11.4 Å². The standard InChI is InChI=1S/C20H22N4O2.C13H16N4O2/c25-19-11-18(23-16-9-5-2-6-10-16)17-12-21-14-22-20(17)24(19)26-13-15-7-3-1-4-8-15;18-12-6-11(16-9-4-2-1-3-5-9)10-7-14-8-15-13(10)17(12)19/h1,3-4,7-8,11-12,14,16,23H,2,5-6,9-10,13H2;6-9,16,19H,1-5H2. The van der Waals surface area contributed by atoms with Crippen molar-refractivity contribution in [3.8, 4) is 0 Å². The van der Waals surface area contributed by atoms with Crippen LogP contribution in [0.25, 0.3) is 22.1 Å². The topological polar surface area (TPSA) is 149 Å². The highest BCUT2D eigenvalue weighted by Gasteiger charge is 2.18. The predicted molar refractivity (Wildman–Crippen MR) is 172 cm³/mol. The summed E-state index contributed by atoms with van der Waals surface area (Å²) in [4.78, 5) is 46.5. The zero-order valence-electron chi connectivity index (χ0n) is 25.1. The van der Waals surface area contributed by atoms with Gasteiger partial charge in [-0.2, -0.15) is 0 Å². The Balaban J connectivity index is 0.000000167. The maximum Gasteiger partial charge on any atom is 0.287 e. The van der Waals surface area contributed by atoms with Crippen LogP contribution in [0.2, 0.25) is 0 Å². The zero-order chi connectivity index (χ0) is 31.0. The third kappa shape index (κ3) is 7.22. The molecule has 0 amide bonds. The number of hydrogen-bond acceptors (Lipinski definition) is 10. The van der Waals surface area contributed by atoms with E-state index < -0.39 is 5.56 Å². The number of benzene rings is 1. The zero-order valence-corrected chi connectivity index (χ0v) is 25.1. The van der Waals surface area contributed by atoms with Gasteiger partial charge in [0, 0.05) is 36.6 Å². The maximum absolute atomic E-state index is 12.7. The fraction of sp³-hybridized carbons (Fsp3) is 0.394. The molecule has 1 aromatic carbocycles. The van der Waals surface area contributed by atoms with Crippen LogP contribution in [0.1, 0.15) is 69.8 Å². The molecule has 0 spiro atoms. The van der Waals surface area contributed by atoms with E-state index >= 15 is 0 Å². The molecular weight excluding hydrogens is 572 g/mol. The molecule has 0 aliphatic heterocycles. The van der Waals surface area contributed by atoms with Crippen molar-refractivity contribution in [2.45, 2.75) is 82.9 Å². The normalized spacial score (nSPS) is 15.7. The molecule has 2 saturated carbocycles. The van der Waals surface area contributed by atoms with Crippen molar-refractivity contribution in [2.24, 2.45) is 0 Å². The number of hydrogen-bond donors (Lipinski definition) is 3. The summed E-state index contributed by atoms with van der Waals surface area (Å²) in [6.45, 7) is 0.301. The minimum absolute atomic E-state index is 0.231. The molecule has 0 saturated heterocycles. The van der Waals surface area contributed by atoms with Gasteiger partial charge >= 0.3 is 0 Å². The molecule has 4 aromatic heterocycles.